The standard InChI is InChI=1S/C10H15NO2/c1-3-12-11(13-4-2)10-8-6-5-7-9-10/h5-9H,3-4H2,1-2H3. The maximum atomic E-state index is 5.28. The summed E-state index contributed by atoms with van der Waals surface area (Å²) in [5.74, 6) is 0. The first-order chi connectivity index (χ1) is 6.38. The maximum Gasteiger partial charge on any atom is 0.0947 e. The Kier molecular flexibility index (Phi) is 4.29. The first-order valence-corrected chi connectivity index (χ1v) is 4.49. The van der Waals surface area contributed by atoms with Crippen molar-refractivity contribution in [3.63, 3.8) is 0 Å². The molecule has 0 saturated carbocycles. The lowest BCUT2D eigenvalue weighted by Crippen LogP contribution is -2.23. The molecule has 0 saturated heterocycles. The minimum atomic E-state index is 0.592. The number of nitrogens with zero attached hydrogens (tertiary/aromatic N) is 1. The molecule has 0 atom stereocenters. The molecule has 0 aromatic heterocycles. The predicted octanol–water partition coefficient (Wildman–Crippen LogP) is 2.40. The average molecular weight is 181 g/mol. The van der Waals surface area contributed by atoms with Gasteiger partial charge in [0.15, 0.2) is 0 Å². The van der Waals surface area contributed by atoms with E-state index in [1.54, 1.807) is 0 Å². The van der Waals surface area contributed by atoms with Gasteiger partial charge in [0.25, 0.3) is 0 Å². The molecule has 1 rings (SSSR count). The minimum Gasteiger partial charge on any atom is -0.249 e. The fourth-order valence-corrected chi connectivity index (χ4v) is 0.971. The molecule has 0 aliphatic rings. The minimum absolute atomic E-state index is 0.592. The van der Waals surface area contributed by atoms with Gasteiger partial charge in [0.1, 0.15) is 0 Å². The van der Waals surface area contributed by atoms with Gasteiger partial charge in [-0.1, -0.05) is 18.2 Å². The highest BCUT2D eigenvalue weighted by atomic mass is 16.9. The number of benzene rings is 1. The second kappa shape index (κ2) is 5.56. The van der Waals surface area contributed by atoms with E-state index in [0.29, 0.717) is 13.2 Å². The van der Waals surface area contributed by atoms with Crippen LogP contribution in [0.4, 0.5) is 5.69 Å². The molecule has 0 N–H and O–H groups in total. The van der Waals surface area contributed by atoms with Crippen LogP contribution in [0.2, 0.25) is 0 Å². The van der Waals surface area contributed by atoms with Gasteiger partial charge in [-0.25, -0.2) is 9.68 Å². The van der Waals surface area contributed by atoms with Crippen molar-refractivity contribution in [3.8, 4) is 0 Å². The van der Waals surface area contributed by atoms with Gasteiger partial charge in [-0.05, 0) is 26.0 Å². The van der Waals surface area contributed by atoms with E-state index in [4.69, 9.17) is 9.68 Å². The Bertz CT molecular complexity index is 220. The second-order valence-electron chi connectivity index (χ2n) is 2.43. The SMILES string of the molecule is CCON(OCC)c1ccccc1. The quantitative estimate of drug-likeness (QED) is 0.651. The molecule has 3 nitrogen and oxygen atoms in total. The van der Waals surface area contributed by atoms with Gasteiger partial charge in [0.05, 0.1) is 18.9 Å². The molecule has 0 aliphatic carbocycles. The van der Waals surface area contributed by atoms with Crippen molar-refractivity contribution in [2.75, 3.05) is 18.4 Å². The Labute approximate surface area is 78.8 Å². The van der Waals surface area contributed by atoms with Crippen molar-refractivity contribution < 1.29 is 9.68 Å². The summed E-state index contributed by atoms with van der Waals surface area (Å²) >= 11 is 0. The Morgan fingerprint density at radius 2 is 1.54 bits per heavy atom. The monoisotopic (exact) mass is 181 g/mol. The Hall–Kier alpha value is -1.06. The molecular formula is C10H15NO2. The van der Waals surface area contributed by atoms with Crippen LogP contribution in [0.15, 0.2) is 30.3 Å². The summed E-state index contributed by atoms with van der Waals surface area (Å²) in [5.41, 5.74) is 0.909. The van der Waals surface area contributed by atoms with E-state index in [9.17, 15) is 0 Å². The van der Waals surface area contributed by atoms with E-state index in [1.807, 2.05) is 44.2 Å². The van der Waals surface area contributed by atoms with Gasteiger partial charge in [-0.3, -0.25) is 0 Å². The molecule has 0 amide bonds. The Morgan fingerprint density at radius 3 is 2.00 bits per heavy atom. The van der Waals surface area contributed by atoms with Gasteiger partial charge < -0.3 is 0 Å². The van der Waals surface area contributed by atoms with Crippen LogP contribution in [0.5, 0.6) is 0 Å². The van der Waals surface area contributed by atoms with E-state index in [0.717, 1.165) is 5.69 Å². The van der Waals surface area contributed by atoms with E-state index >= 15 is 0 Å². The summed E-state index contributed by atoms with van der Waals surface area (Å²) in [7, 11) is 0. The van der Waals surface area contributed by atoms with Gasteiger partial charge in [-0.2, -0.15) is 0 Å². The van der Waals surface area contributed by atoms with Crippen LogP contribution in [-0.4, -0.2) is 13.2 Å². The van der Waals surface area contributed by atoms with Crippen molar-refractivity contribution in [3.05, 3.63) is 30.3 Å². The van der Waals surface area contributed by atoms with Gasteiger partial charge in [0.2, 0.25) is 0 Å². The number of hydrogen-bond donors (Lipinski definition) is 0. The normalized spacial score (nSPS) is 10.0. The zero-order valence-corrected chi connectivity index (χ0v) is 8.06. The van der Waals surface area contributed by atoms with Crippen molar-refractivity contribution in [2.45, 2.75) is 13.8 Å². The van der Waals surface area contributed by atoms with Crippen LogP contribution < -0.4 is 5.23 Å². The highest BCUT2D eigenvalue weighted by molar-refractivity contribution is 5.40. The molecular weight excluding hydrogens is 166 g/mol. The van der Waals surface area contributed by atoms with Crippen LogP contribution in [-0.2, 0) is 9.68 Å². The molecule has 0 unspecified atom stereocenters. The lowest BCUT2D eigenvalue weighted by atomic mass is 10.3. The molecule has 0 fully saturated rings. The molecule has 0 heterocycles. The van der Waals surface area contributed by atoms with E-state index in [2.05, 4.69) is 0 Å². The van der Waals surface area contributed by atoms with Crippen molar-refractivity contribution in [2.24, 2.45) is 0 Å². The van der Waals surface area contributed by atoms with Crippen LogP contribution in [0.1, 0.15) is 13.8 Å². The first-order valence-electron chi connectivity index (χ1n) is 4.49. The Morgan fingerprint density at radius 1 is 1.00 bits per heavy atom. The van der Waals surface area contributed by atoms with Crippen LogP contribution in [0.3, 0.4) is 0 Å². The van der Waals surface area contributed by atoms with Crippen molar-refractivity contribution in [1.29, 1.82) is 0 Å². The predicted molar refractivity (Wildman–Crippen MR) is 52.2 cm³/mol. The second-order valence-corrected chi connectivity index (χ2v) is 2.43. The van der Waals surface area contributed by atoms with Crippen LogP contribution in [0, 0.1) is 0 Å². The summed E-state index contributed by atoms with van der Waals surface area (Å²) in [6, 6.07) is 9.72. The zero-order valence-electron chi connectivity index (χ0n) is 8.06. The number of rotatable bonds is 5. The fourth-order valence-electron chi connectivity index (χ4n) is 0.971. The van der Waals surface area contributed by atoms with Crippen LogP contribution in [0.25, 0.3) is 0 Å². The number of anilines is 1. The Balaban J connectivity index is 2.64. The lowest BCUT2D eigenvalue weighted by Gasteiger charge is -2.20. The summed E-state index contributed by atoms with van der Waals surface area (Å²) in [6.45, 7) is 5.04. The third-order valence-corrected chi connectivity index (χ3v) is 1.46. The average Bonchev–Trinajstić information content (AvgIpc) is 2.19. The molecule has 0 aliphatic heterocycles. The smallest absolute Gasteiger partial charge is 0.0947 e. The lowest BCUT2D eigenvalue weighted by molar-refractivity contribution is -0.0817. The van der Waals surface area contributed by atoms with Crippen LogP contribution >= 0.6 is 0 Å². The summed E-state index contributed by atoms with van der Waals surface area (Å²) in [5, 5.41) is 1.44. The topological polar surface area (TPSA) is 21.7 Å². The van der Waals surface area contributed by atoms with E-state index in [-0.39, 0.29) is 0 Å². The van der Waals surface area contributed by atoms with Gasteiger partial charge in [-0.15, -0.1) is 5.23 Å². The summed E-state index contributed by atoms with van der Waals surface area (Å²) in [6.07, 6.45) is 0. The third kappa shape index (κ3) is 3.05. The van der Waals surface area contributed by atoms with Gasteiger partial charge >= 0.3 is 0 Å². The first kappa shape index (κ1) is 10.0. The molecule has 3 heteroatoms. The highest BCUT2D eigenvalue weighted by Crippen LogP contribution is 2.13. The maximum absolute atomic E-state index is 5.28. The van der Waals surface area contributed by atoms with Crippen molar-refractivity contribution >= 4 is 5.69 Å². The summed E-state index contributed by atoms with van der Waals surface area (Å²) in [4.78, 5) is 10.6. The number of para-hydroxylation sites is 1. The third-order valence-electron chi connectivity index (χ3n) is 1.46. The van der Waals surface area contributed by atoms with Gasteiger partial charge in [0, 0.05) is 0 Å². The highest BCUT2D eigenvalue weighted by Gasteiger charge is 2.04. The van der Waals surface area contributed by atoms with E-state index in [1.165, 1.54) is 5.23 Å². The molecule has 0 spiro atoms. The number of hydrogen-bond acceptors (Lipinski definition) is 3. The summed E-state index contributed by atoms with van der Waals surface area (Å²) < 4.78 is 0. The fraction of sp³-hybridized carbons (Fsp3) is 0.400. The molecule has 13 heavy (non-hydrogen) atoms. The molecule has 1 aromatic rings. The molecule has 1 aromatic carbocycles. The largest absolute Gasteiger partial charge is 0.249 e. The zero-order chi connectivity index (χ0) is 9.52. The van der Waals surface area contributed by atoms with E-state index < -0.39 is 0 Å². The van der Waals surface area contributed by atoms with Crippen molar-refractivity contribution in [1.82, 2.24) is 0 Å². The molecule has 0 radical (unpaired) electrons. The molecule has 72 valence electrons. The molecule has 0 bridgehead atoms.